The van der Waals surface area contributed by atoms with Gasteiger partial charge in [0.1, 0.15) is 0 Å². The molecule has 1 aromatic heterocycles. The highest BCUT2D eigenvalue weighted by Gasteiger charge is 2.33. The van der Waals surface area contributed by atoms with Gasteiger partial charge < -0.3 is 15.6 Å². The average molecular weight is 363 g/mol. The SMILES string of the molecule is NCC1(NC(=O)CCCc2nc(-c3ccc(Cl)cc3)no2)CCCC1. The summed E-state index contributed by atoms with van der Waals surface area (Å²) >= 11 is 5.87. The molecule has 0 atom stereocenters. The lowest BCUT2D eigenvalue weighted by Crippen LogP contribution is -2.51. The van der Waals surface area contributed by atoms with Gasteiger partial charge in [0.15, 0.2) is 0 Å². The van der Waals surface area contributed by atoms with Crippen LogP contribution in [0.2, 0.25) is 5.02 Å². The summed E-state index contributed by atoms with van der Waals surface area (Å²) in [6.07, 6.45) is 5.88. The first-order valence-corrected chi connectivity index (χ1v) is 9.08. The molecule has 134 valence electrons. The number of carbonyl (C=O) groups excluding carboxylic acids is 1. The van der Waals surface area contributed by atoms with Crippen molar-refractivity contribution in [2.75, 3.05) is 6.54 Å². The van der Waals surface area contributed by atoms with Crippen LogP contribution >= 0.6 is 11.6 Å². The maximum atomic E-state index is 12.2. The van der Waals surface area contributed by atoms with Gasteiger partial charge in [0.05, 0.1) is 5.54 Å². The maximum Gasteiger partial charge on any atom is 0.226 e. The molecule has 7 heteroatoms. The predicted octanol–water partition coefficient (Wildman–Crippen LogP) is 3.10. The van der Waals surface area contributed by atoms with Gasteiger partial charge in [0.25, 0.3) is 0 Å². The molecule has 0 unspecified atom stereocenters. The Morgan fingerprint density at radius 2 is 2.00 bits per heavy atom. The minimum Gasteiger partial charge on any atom is -0.349 e. The molecular weight excluding hydrogens is 340 g/mol. The molecule has 1 fully saturated rings. The molecule has 1 heterocycles. The molecule has 6 nitrogen and oxygen atoms in total. The van der Waals surface area contributed by atoms with Crippen LogP contribution in [0, 0.1) is 0 Å². The zero-order chi connectivity index (χ0) is 17.7. The molecule has 0 saturated heterocycles. The van der Waals surface area contributed by atoms with E-state index in [1.165, 1.54) is 0 Å². The van der Waals surface area contributed by atoms with Crippen molar-refractivity contribution in [2.24, 2.45) is 5.73 Å². The van der Waals surface area contributed by atoms with Crippen molar-refractivity contribution < 1.29 is 9.32 Å². The second kappa shape index (κ2) is 7.97. The van der Waals surface area contributed by atoms with Gasteiger partial charge in [-0.1, -0.05) is 29.6 Å². The van der Waals surface area contributed by atoms with E-state index in [-0.39, 0.29) is 11.4 Å². The van der Waals surface area contributed by atoms with E-state index < -0.39 is 0 Å². The summed E-state index contributed by atoms with van der Waals surface area (Å²) < 4.78 is 5.26. The van der Waals surface area contributed by atoms with E-state index >= 15 is 0 Å². The highest BCUT2D eigenvalue weighted by molar-refractivity contribution is 6.30. The lowest BCUT2D eigenvalue weighted by molar-refractivity contribution is -0.123. The number of hydrogen-bond acceptors (Lipinski definition) is 5. The lowest BCUT2D eigenvalue weighted by atomic mass is 9.97. The Morgan fingerprint density at radius 1 is 1.28 bits per heavy atom. The minimum absolute atomic E-state index is 0.0461. The molecule has 1 aliphatic carbocycles. The monoisotopic (exact) mass is 362 g/mol. The zero-order valence-corrected chi connectivity index (χ0v) is 14.9. The van der Waals surface area contributed by atoms with Gasteiger partial charge in [-0.2, -0.15) is 4.98 Å². The van der Waals surface area contributed by atoms with Crippen LogP contribution in [-0.4, -0.2) is 28.1 Å². The van der Waals surface area contributed by atoms with Gasteiger partial charge in [-0.05, 0) is 43.5 Å². The van der Waals surface area contributed by atoms with E-state index in [4.69, 9.17) is 21.9 Å². The zero-order valence-electron chi connectivity index (χ0n) is 14.1. The Labute approximate surface area is 152 Å². The maximum absolute atomic E-state index is 12.2. The molecule has 3 N–H and O–H groups in total. The molecule has 3 rings (SSSR count). The molecule has 1 saturated carbocycles. The van der Waals surface area contributed by atoms with Gasteiger partial charge in [-0.3, -0.25) is 4.79 Å². The third kappa shape index (κ3) is 4.58. The number of nitrogens with one attached hydrogen (secondary N) is 1. The highest BCUT2D eigenvalue weighted by atomic mass is 35.5. The quantitative estimate of drug-likeness (QED) is 0.789. The summed E-state index contributed by atoms with van der Waals surface area (Å²) in [5.74, 6) is 1.11. The molecular formula is C18H23ClN4O2. The predicted molar refractivity (Wildman–Crippen MR) is 96.1 cm³/mol. The van der Waals surface area contributed by atoms with Crippen molar-refractivity contribution in [3.8, 4) is 11.4 Å². The highest BCUT2D eigenvalue weighted by Crippen LogP contribution is 2.28. The number of aromatic nitrogens is 2. The van der Waals surface area contributed by atoms with Crippen LogP contribution in [0.3, 0.4) is 0 Å². The summed E-state index contributed by atoms with van der Waals surface area (Å²) in [4.78, 5) is 16.5. The summed E-state index contributed by atoms with van der Waals surface area (Å²) in [5.41, 5.74) is 6.51. The third-order valence-corrected chi connectivity index (χ3v) is 4.97. The number of rotatable bonds is 7. The number of amides is 1. The number of hydrogen-bond donors (Lipinski definition) is 2. The smallest absolute Gasteiger partial charge is 0.226 e. The third-order valence-electron chi connectivity index (χ3n) is 4.72. The first kappa shape index (κ1) is 17.9. The first-order valence-electron chi connectivity index (χ1n) is 8.70. The molecule has 2 aromatic rings. The molecule has 0 aliphatic heterocycles. The van der Waals surface area contributed by atoms with Gasteiger partial charge >= 0.3 is 0 Å². The van der Waals surface area contributed by atoms with Crippen LogP contribution < -0.4 is 11.1 Å². The van der Waals surface area contributed by atoms with Crippen molar-refractivity contribution >= 4 is 17.5 Å². The molecule has 0 spiro atoms. The van der Waals surface area contributed by atoms with E-state index in [9.17, 15) is 4.79 Å². The van der Waals surface area contributed by atoms with Gasteiger partial charge in [0.2, 0.25) is 17.6 Å². The summed E-state index contributed by atoms with van der Waals surface area (Å²) in [5, 5.41) is 7.76. The minimum atomic E-state index is -0.191. The number of aryl methyl sites for hydroxylation is 1. The number of benzene rings is 1. The fraction of sp³-hybridized carbons (Fsp3) is 0.500. The van der Waals surface area contributed by atoms with Gasteiger partial charge in [-0.25, -0.2) is 0 Å². The van der Waals surface area contributed by atoms with Gasteiger partial charge in [-0.15, -0.1) is 0 Å². The van der Waals surface area contributed by atoms with Gasteiger partial charge in [0, 0.05) is 30.0 Å². The van der Waals surface area contributed by atoms with Crippen LogP contribution in [0.25, 0.3) is 11.4 Å². The van der Waals surface area contributed by atoms with Crippen molar-refractivity contribution in [1.29, 1.82) is 0 Å². The molecule has 0 bridgehead atoms. The first-order chi connectivity index (χ1) is 12.1. The molecule has 0 radical (unpaired) electrons. The van der Waals surface area contributed by atoms with Crippen molar-refractivity contribution in [1.82, 2.24) is 15.5 Å². The summed E-state index contributed by atoms with van der Waals surface area (Å²) in [6.45, 7) is 0.507. The molecule has 1 amide bonds. The van der Waals surface area contributed by atoms with E-state index in [1.807, 2.05) is 12.1 Å². The fourth-order valence-corrected chi connectivity index (χ4v) is 3.39. The normalized spacial score (nSPS) is 16.1. The van der Waals surface area contributed by atoms with E-state index in [2.05, 4.69) is 15.5 Å². The van der Waals surface area contributed by atoms with E-state index in [0.29, 0.717) is 42.5 Å². The Kier molecular flexibility index (Phi) is 5.71. The average Bonchev–Trinajstić information content (AvgIpc) is 3.26. The molecule has 25 heavy (non-hydrogen) atoms. The largest absolute Gasteiger partial charge is 0.349 e. The number of nitrogens with zero attached hydrogens (tertiary/aromatic N) is 2. The van der Waals surface area contributed by atoms with Crippen molar-refractivity contribution in [3.05, 3.63) is 35.2 Å². The summed E-state index contributed by atoms with van der Waals surface area (Å²) in [7, 11) is 0. The Morgan fingerprint density at radius 3 is 2.68 bits per heavy atom. The Balaban J connectivity index is 1.47. The lowest BCUT2D eigenvalue weighted by Gasteiger charge is -2.28. The van der Waals surface area contributed by atoms with Crippen molar-refractivity contribution in [3.63, 3.8) is 0 Å². The second-order valence-electron chi connectivity index (χ2n) is 6.61. The standard InChI is InChI=1S/C18H23ClN4O2/c19-14-8-6-13(7-9-14)17-21-16(25-23-17)5-3-4-15(24)22-18(12-20)10-1-2-11-18/h6-9H,1-5,10-12,20H2,(H,22,24). The van der Waals surface area contributed by atoms with Crippen LogP contribution in [0.4, 0.5) is 0 Å². The number of carbonyl (C=O) groups is 1. The van der Waals surface area contributed by atoms with Crippen molar-refractivity contribution in [2.45, 2.75) is 50.5 Å². The number of halogens is 1. The van der Waals surface area contributed by atoms with Crippen LogP contribution in [0.15, 0.2) is 28.8 Å². The Hall–Kier alpha value is -1.92. The topological polar surface area (TPSA) is 94.0 Å². The Bertz CT molecular complexity index is 708. The molecule has 1 aromatic carbocycles. The van der Waals surface area contributed by atoms with E-state index in [0.717, 1.165) is 31.2 Å². The second-order valence-corrected chi connectivity index (χ2v) is 7.05. The van der Waals surface area contributed by atoms with Crippen LogP contribution in [0.1, 0.15) is 44.4 Å². The fourth-order valence-electron chi connectivity index (χ4n) is 3.26. The number of nitrogens with two attached hydrogens (primary N) is 1. The van der Waals surface area contributed by atoms with Crippen LogP contribution in [-0.2, 0) is 11.2 Å². The summed E-state index contributed by atoms with van der Waals surface area (Å²) in [6, 6.07) is 7.26. The van der Waals surface area contributed by atoms with E-state index in [1.54, 1.807) is 12.1 Å². The molecule has 1 aliphatic rings. The van der Waals surface area contributed by atoms with Crippen LogP contribution in [0.5, 0.6) is 0 Å².